The van der Waals surface area contributed by atoms with Crippen LogP contribution in [0.2, 0.25) is 0 Å². The maximum atomic E-state index is 9.62. The van der Waals surface area contributed by atoms with Gasteiger partial charge in [0.2, 0.25) is 0 Å². The van der Waals surface area contributed by atoms with Gasteiger partial charge in [0, 0.05) is 53.4 Å². The first-order valence-corrected chi connectivity index (χ1v) is 9.56. The van der Waals surface area contributed by atoms with Crippen LogP contribution in [0.25, 0.3) is 0 Å². The molecule has 0 aliphatic heterocycles. The molecule has 0 aromatic heterocycles. The Morgan fingerprint density at radius 2 is 1.15 bits per heavy atom. The number of aromatic hydroxyl groups is 2. The van der Waals surface area contributed by atoms with Crippen LogP contribution in [0.1, 0.15) is 24.0 Å². The van der Waals surface area contributed by atoms with Gasteiger partial charge >= 0.3 is 0 Å². The molecule has 0 saturated carbocycles. The summed E-state index contributed by atoms with van der Waals surface area (Å²) < 4.78 is 0. The van der Waals surface area contributed by atoms with Crippen molar-refractivity contribution in [3.63, 3.8) is 0 Å². The molecule has 0 heterocycles. The molecule has 0 amide bonds. The summed E-state index contributed by atoms with van der Waals surface area (Å²) in [6.45, 7) is 1.54. The molecular weight excluding hydrogens is 391 g/mol. The Balaban J connectivity index is 0.00000338. The fourth-order valence-corrected chi connectivity index (χ4v) is 3.01. The van der Waals surface area contributed by atoms with E-state index in [-0.39, 0.29) is 28.3 Å². The molecule has 4 nitrogen and oxygen atoms in total. The van der Waals surface area contributed by atoms with Crippen molar-refractivity contribution < 1.29 is 27.0 Å². The van der Waals surface area contributed by atoms with Gasteiger partial charge in [0.15, 0.2) is 0 Å². The van der Waals surface area contributed by atoms with Crippen LogP contribution in [0.3, 0.4) is 0 Å². The third kappa shape index (κ3) is 8.56. The number of para-hydroxylation sites is 2. The molecule has 2 N–H and O–H groups in total. The Hall–Kier alpha value is -1.76. The smallest absolute Gasteiger partial charge is 0.124 e. The van der Waals surface area contributed by atoms with Gasteiger partial charge in [-0.2, -0.15) is 11.8 Å². The van der Waals surface area contributed by atoms with Crippen LogP contribution in [0.15, 0.2) is 58.5 Å². The summed E-state index contributed by atoms with van der Waals surface area (Å²) >= 11 is 1.91. The van der Waals surface area contributed by atoms with E-state index in [1.54, 1.807) is 36.7 Å². The number of phenolic OH excluding ortho intramolecular Hbond substituents is 2. The predicted octanol–water partition coefficient (Wildman–Crippen LogP) is 4.15. The average molecular weight is 415 g/mol. The average Bonchev–Trinajstić information content (AvgIpc) is 2.62. The number of benzene rings is 2. The minimum atomic E-state index is 0. The molecule has 0 fully saturated rings. The summed E-state index contributed by atoms with van der Waals surface area (Å²) in [5.41, 5.74) is 1.52. The fraction of sp³-hybridized carbons (Fsp3) is 0.300. The van der Waals surface area contributed by atoms with E-state index in [2.05, 4.69) is 9.98 Å². The van der Waals surface area contributed by atoms with E-state index >= 15 is 0 Å². The van der Waals surface area contributed by atoms with Crippen molar-refractivity contribution in [2.75, 3.05) is 24.6 Å². The third-order valence-corrected chi connectivity index (χ3v) is 4.64. The van der Waals surface area contributed by atoms with E-state index in [1.807, 2.05) is 36.0 Å². The minimum absolute atomic E-state index is 0. The van der Waals surface area contributed by atoms with Crippen LogP contribution >= 0.6 is 11.8 Å². The molecule has 0 atom stereocenters. The molecule has 2 rings (SSSR count). The Labute approximate surface area is 169 Å². The fourth-order valence-electron chi connectivity index (χ4n) is 2.14. The predicted molar refractivity (Wildman–Crippen MR) is 108 cm³/mol. The van der Waals surface area contributed by atoms with E-state index < -0.39 is 0 Å². The first-order valence-electron chi connectivity index (χ1n) is 8.41. The van der Waals surface area contributed by atoms with E-state index in [1.165, 1.54) is 0 Å². The summed E-state index contributed by atoms with van der Waals surface area (Å²) in [7, 11) is 0. The molecular formula is C20H24CoN2O2S. The maximum absolute atomic E-state index is 9.62. The molecule has 2 aromatic carbocycles. The summed E-state index contributed by atoms with van der Waals surface area (Å²) in [5.74, 6) is 2.68. The zero-order valence-corrected chi connectivity index (χ0v) is 16.4. The number of rotatable bonds is 10. The SMILES string of the molecule is Oc1ccccc1C=NCCCSCCCN=Cc1ccccc1O.[Co]. The van der Waals surface area contributed by atoms with Crippen molar-refractivity contribution in [3.8, 4) is 11.5 Å². The third-order valence-electron chi connectivity index (χ3n) is 3.49. The summed E-state index contributed by atoms with van der Waals surface area (Å²) in [4.78, 5) is 8.69. The summed E-state index contributed by atoms with van der Waals surface area (Å²) in [5, 5.41) is 19.2. The zero-order valence-electron chi connectivity index (χ0n) is 14.5. The Morgan fingerprint density at radius 3 is 1.58 bits per heavy atom. The van der Waals surface area contributed by atoms with E-state index in [0.29, 0.717) is 0 Å². The number of hydrogen-bond acceptors (Lipinski definition) is 5. The monoisotopic (exact) mass is 415 g/mol. The Kier molecular flexibility index (Phi) is 11.5. The maximum Gasteiger partial charge on any atom is 0.124 e. The minimum Gasteiger partial charge on any atom is -0.507 e. The second-order valence-electron chi connectivity index (χ2n) is 5.51. The van der Waals surface area contributed by atoms with Gasteiger partial charge in [-0.3, -0.25) is 9.98 Å². The van der Waals surface area contributed by atoms with Gasteiger partial charge in [-0.1, -0.05) is 24.3 Å². The molecule has 1 radical (unpaired) electrons. The molecule has 0 aliphatic rings. The molecule has 6 heteroatoms. The first-order chi connectivity index (χ1) is 12.3. The normalized spacial score (nSPS) is 11.1. The van der Waals surface area contributed by atoms with Crippen molar-refractivity contribution in [2.24, 2.45) is 9.98 Å². The van der Waals surface area contributed by atoms with E-state index in [0.717, 1.165) is 48.6 Å². The number of aliphatic imine (C=N–C) groups is 2. The molecule has 0 aliphatic carbocycles. The van der Waals surface area contributed by atoms with Crippen LogP contribution in [-0.4, -0.2) is 47.2 Å². The molecule has 0 saturated heterocycles. The standard InChI is InChI=1S/C20H24N2O2S.Co/c23-19-9-3-1-7-17(19)15-21-11-5-13-25-14-6-12-22-16-18-8-2-4-10-20(18)24;/h1-4,7-10,15-16,23-24H,5-6,11-14H2;. The summed E-state index contributed by atoms with van der Waals surface area (Å²) in [6, 6.07) is 14.4. The quantitative estimate of drug-likeness (QED) is 0.453. The number of hydrogen-bond donors (Lipinski definition) is 2. The molecule has 0 bridgehead atoms. The molecule has 0 unspecified atom stereocenters. The number of nitrogens with zero attached hydrogens (tertiary/aromatic N) is 2. The number of phenols is 2. The van der Waals surface area contributed by atoms with Crippen LogP contribution in [-0.2, 0) is 16.8 Å². The Bertz CT molecular complexity index is 648. The van der Waals surface area contributed by atoms with Crippen molar-refractivity contribution in [2.45, 2.75) is 12.8 Å². The van der Waals surface area contributed by atoms with Crippen molar-refractivity contribution in [3.05, 3.63) is 59.7 Å². The van der Waals surface area contributed by atoms with Crippen LogP contribution in [0.4, 0.5) is 0 Å². The molecule has 26 heavy (non-hydrogen) atoms. The largest absolute Gasteiger partial charge is 0.507 e. The topological polar surface area (TPSA) is 65.2 Å². The molecule has 141 valence electrons. The zero-order chi connectivity index (χ0) is 17.7. The van der Waals surface area contributed by atoms with Gasteiger partial charge in [0.25, 0.3) is 0 Å². The Morgan fingerprint density at radius 1 is 0.731 bits per heavy atom. The van der Waals surface area contributed by atoms with Crippen LogP contribution in [0, 0.1) is 0 Å². The molecule has 0 spiro atoms. The van der Waals surface area contributed by atoms with Crippen LogP contribution in [0.5, 0.6) is 11.5 Å². The van der Waals surface area contributed by atoms with Gasteiger partial charge in [0.05, 0.1) is 0 Å². The summed E-state index contributed by atoms with van der Waals surface area (Å²) in [6.07, 6.45) is 5.51. The molecule has 2 aromatic rings. The van der Waals surface area contributed by atoms with Gasteiger partial charge < -0.3 is 10.2 Å². The van der Waals surface area contributed by atoms with E-state index in [4.69, 9.17) is 0 Å². The van der Waals surface area contributed by atoms with Gasteiger partial charge in [-0.15, -0.1) is 0 Å². The van der Waals surface area contributed by atoms with Gasteiger partial charge in [-0.25, -0.2) is 0 Å². The van der Waals surface area contributed by atoms with Crippen molar-refractivity contribution in [1.29, 1.82) is 0 Å². The van der Waals surface area contributed by atoms with Crippen molar-refractivity contribution >= 4 is 24.2 Å². The second kappa shape index (κ2) is 13.4. The van der Waals surface area contributed by atoms with Crippen molar-refractivity contribution in [1.82, 2.24) is 0 Å². The number of thioether (sulfide) groups is 1. The van der Waals surface area contributed by atoms with E-state index in [9.17, 15) is 10.2 Å². The first kappa shape index (κ1) is 22.3. The second-order valence-corrected chi connectivity index (χ2v) is 6.73. The van der Waals surface area contributed by atoms with Crippen LogP contribution < -0.4 is 0 Å². The van der Waals surface area contributed by atoms with Gasteiger partial charge in [0.1, 0.15) is 11.5 Å². The van der Waals surface area contributed by atoms with Gasteiger partial charge in [-0.05, 0) is 48.6 Å².